The maximum Gasteiger partial charge on any atom is 0.337 e. The molecular formula is C29H24N4O2. The summed E-state index contributed by atoms with van der Waals surface area (Å²) >= 11 is 0. The highest BCUT2D eigenvalue weighted by Gasteiger charge is 2.29. The molecule has 0 bridgehead atoms. The summed E-state index contributed by atoms with van der Waals surface area (Å²) < 4.78 is 0. The first-order valence-electron chi connectivity index (χ1n) is 11.4. The Kier molecular flexibility index (Phi) is 6.35. The molecule has 1 aliphatic heterocycles. The number of carboxylic acid groups (broad SMARTS) is 1. The first kappa shape index (κ1) is 22.1. The van der Waals surface area contributed by atoms with Gasteiger partial charge in [-0.2, -0.15) is 10.2 Å². The summed E-state index contributed by atoms with van der Waals surface area (Å²) in [5, 5.41) is 20.6. The van der Waals surface area contributed by atoms with Crippen LogP contribution in [-0.4, -0.2) is 23.0 Å². The van der Waals surface area contributed by atoms with Gasteiger partial charge in [-0.1, -0.05) is 84.9 Å². The van der Waals surface area contributed by atoms with Crippen molar-refractivity contribution < 1.29 is 9.90 Å². The molecule has 4 aromatic rings. The number of carboxylic acids is 1. The fraction of sp³-hybridized carbons (Fsp3) is 0.0690. The Hall–Kier alpha value is -4.71. The Morgan fingerprint density at radius 1 is 0.886 bits per heavy atom. The zero-order valence-electron chi connectivity index (χ0n) is 19.0. The van der Waals surface area contributed by atoms with Gasteiger partial charge in [-0.05, 0) is 41.0 Å². The molecule has 6 heteroatoms. The highest BCUT2D eigenvalue weighted by atomic mass is 16.4. The largest absolute Gasteiger partial charge is 0.478 e. The standard InChI is InChI=1S/C29H24N4O2/c34-29(35)25-13-7-8-14-26(25)31-30-20-21-15-17-24(18-16-21)33-28(23-11-5-2-6-12-23)19-27(32-33)22-9-3-1-4-10-22/h1-18,20,28,31H,19H2,(H,34,35). The van der Waals surface area contributed by atoms with Gasteiger partial charge in [-0.15, -0.1) is 0 Å². The van der Waals surface area contributed by atoms with E-state index in [0.717, 1.165) is 28.9 Å². The van der Waals surface area contributed by atoms with E-state index in [2.05, 4.69) is 51.9 Å². The van der Waals surface area contributed by atoms with Crippen LogP contribution in [0.25, 0.3) is 0 Å². The monoisotopic (exact) mass is 460 g/mol. The van der Waals surface area contributed by atoms with Crippen LogP contribution in [-0.2, 0) is 0 Å². The smallest absolute Gasteiger partial charge is 0.337 e. The molecule has 0 aromatic heterocycles. The zero-order valence-corrected chi connectivity index (χ0v) is 19.0. The second-order valence-electron chi connectivity index (χ2n) is 8.20. The Labute approximate surface area is 203 Å². The second kappa shape index (κ2) is 10.1. The van der Waals surface area contributed by atoms with Crippen molar-refractivity contribution in [3.05, 3.63) is 131 Å². The summed E-state index contributed by atoms with van der Waals surface area (Å²) in [4.78, 5) is 11.4. The number of hydrogen-bond donors (Lipinski definition) is 2. The highest BCUT2D eigenvalue weighted by molar-refractivity contribution is 6.03. The Balaban J connectivity index is 1.37. The average Bonchev–Trinajstić information content (AvgIpc) is 3.36. The molecule has 1 atom stereocenters. The molecule has 1 aliphatic rings. The lowest BCUT2D eigenvalue weighted by Gasteiger charge is -2.24. The van der Waals surface area contributed by atoms with Gasteiger partial charge in [0, 0.05) is 6.42 Å². The number of nitrogens with zero attached hydrogens (tertiary/aromatic N) is 3. The van der Waals surface area contributed by atoms with E-state index in [9.17, 15) is 9.90 Å². The molecule has 5 rings (SSSR count). The van der Waals surface area contributed by atoms with Gasteiger partial charge in [-0.3, -0.25) is 10.4 Å². The number of anilines is 2. The van der Waals surface area contributed by atoms with E-state index in [-0.39, 0.29) is 11.6 Å². The van der Waals surface area contributed by atoms with Crippen molar-refractivity contribution in [2.75, 3.05) is 10.4 Å². The summed E-state index contributed by atoms with van der Waals surface area (Å²) in [7, 11) is 0. The second-order valence-corrected chi connectivity index (χ2v) is 8.20. The molecule has 2 N–H and O–H groups in total. The van der Waals surface area contributed by atoms with E-state index >= 15 is 0 Å². The van der Waals surface area contributed by atoms with Crippen LogP contribution in [0.1, 0.15) is 39.5 Å². The number of carbonyl (C=O) groups is 1. The first-order valence-corrected chi connectivity index (χ1v) is 11.4. The van der Waals surface area contributed by atoms with Crippen molar-refractivity contribution >= 4 is 29.3 Å². The predicted molar refractivity (Wildman–Crippen MR) is 140 cm³/mol. The lowest BCUT2D eigenvalue weighted by molar-refractivity contribution is 0.0698. The van der Waals surface area contributed by atoms with Crippen LogP contribution in [0.5, 0.6) is 0 Å². The maximum absolute atomic E-state index is 11.4. The first-order chi connectivity index (χ1) is 17.2. The number of hydrazone groups is 2. The van der Waals surface area contributed by atoms with E-state index in [1.807, 2.05) is 48.5 Å². The molecule has 0 spiro atoms. The van der Waals surface area contributed by atoms with Crippen LogP contribution in [0.2, 0.25) is 0 Å². The van der Waals surface area contributed by atoms with Crippen LogP contribution < -0.4 is 10.4 Å². The van der Waals surface area contributed by atoms with E-state index in [1.165, 1.54) is 5.56 Å². The molecular weight excluding hydrogens is 436 g/mol. The van der Waals surface area contributed by atoms with Gasteiger partial charge < -0.3 is 5.11 Å². The summed E-state index contributed by atoms with van der Waals surface area (Å²) in [6.07, 6.45) is 2.49. The lowest BCUT2D eigenvalue weighted by Crippen LogP contribution is -2.18. The summed E-state index contributed by atoms with van der Waals surface area (Å²) in [5.74, 6) is -0.998. The predicted octanol–water partition coefficient (Wildman–Crippen LogP) is 6.19. The van der Waals surface area contributed by atoms with Crippen molar-refractivity contribution in [2.24, 2.45) is 10.2 Å². The van der Waals surface area contributed by atoms with Crippen molar-refractivity contribution in [1.82, 2.24) is 0 Å². The zero-order chi connectivity index (χ0) is 24.0. The summed E-state index contributed by atoms with van der Waals surface area (Å²) in [6, 6.07) is 35.5. The van der Waals surface area contributed by atoms with Crippen molar-refractivity contribution in [1.29, 1.82) is 0 Å². The third-order valence-corrected chi connectivity index (χ3v) is 5.92. The number of rotatable bonds is 7. The van der Waals surface area contributed by atoms with Crippen molar-refractivity contribution in [2.45, 2.75) is 12.5 Å². The minimum absolute atomic E-state index is 0.111. The molecule has 0 aliphatic carbocycles. The molecule has 0 fully saturated rings. The molecule has 1 unspecified atom stereocenters. The molecule has 0 radical (unpaired) electrons. The third-order valence-electron chi connectivity index (χ3n) is 5.92. The molecule has 6 nitrogen and oxygen atoms in total. The van der Waals surface area contributed by atoms with Gasteiger partial charge in [0.25, 0.3) is 0 Å². The molecule has 35 heavy (non-hydrogen) atoms. The SMILES string of the molecule is O=C(O)c1ccccc1NN=Cc1ccc(N2N=C(c3ccccc3)CC2c2ccccc2)cc1. The lowest BCUT2D eigenvalue weighted by atomic mass is 9.98. The van der Waals surface area contributed by atoms with Crippen LogP contribution >= 0.6 is 0 Å². The fourth-order valence-electron chi connectivity index (χ4n) is 4.14. The molecule has 1 heterocycles. The normalized spacial score (nSPS) is 15.3. The maximum atomic E-state index is 11.4. The summed E-state index contributed by atoms with van der Waals surface area (Å²) in [6.45, 7) is 0. The minimum Gasteiger partial charge on any atom is -0.478 e. The Morgan fingerprint density at radius 2 is 1.54 bits per heavy atom. The topological polar surface area (TPSA) is 77.3 Å². The number of nitrogens with one attached hydrogen (secondary N) is 1. The molecule has 0 saturated carbocycles. The van der Waals surface area contributed by atoms with Crippen LogP contribution in [0, 0.1) is 0 Å². The molecule has 172 valence electrons. The van der Waals surface area contributed by atoms with Crippen LogP contribution in [0.3, 0.4) is 0 Å². The van der Waals surface area contributed by atoms with Crippen molar-refractivity contribution in [3.63, 3.8) is 0 Å². The van der Waals surface area contributed by atoms with Crippen molar-refractivity contribution in [3.8, 4) is 0 Å². The van der Waals surface area contributed by atoms with Gasteiger partial charge in [0.15, 0.2) is 0 Å². The average molecular weight is 461 g/mol. The van der Waals surface area contributed by atoms with E-state index in [0.29, 0.717) is 5.69 Å². The number of para-hydroxylation sites is 1. The van der Waals surface area contributed by atoms with E-state index in [1.54, 1.807) is 30.5 Å². The van der Waals surface area contributed by atoms with Gasteiger partial charge in [0.1, 0.15) is 0 Å². The number of benzene rings is 4. The highest BCUT2D eigenvalue weighted by Crippen LogP contribution is 2.36. The van der Waals surface area contributed by atoms with E-state index in [4.69, 9.17) is 5.10 Å². The van der Waals surface area contributed by atoms with Gasteiger partial charge in [0.05, 0.1) is 34.9 Å². The minimum atomic E-state index is -0.998. The van der Waals surface area contributed by atoms with E-state index < -0.39 is 5.97 Å². The molecule has 0 saturated heterocycles. The van der Waals surface area contributed by atoms with Gasteiger partial charge >= 0.3 is 5.97 Å². The molecule has 0 amide bonds. The number of aromatic carboxylic acids is 1. The molecule has 4 aromatic carbocycles. The fourth-order valence-corrected chi connectivity index (χ4v) is 4.14. The third kappa shape index (κ3) is 4.96. The van der Waals surface area contributed by atoms with Crippen LogP contribution in [0.15, 0.2) is 119 Å². The van der Waals surface area contributed by atoms with Crippen LogP contribution in [0.4, 0.5) is 11.4 Å². The van der Waals surface area contributed by atoms with Gasteiger partial charge in [0.2, 0.25) is 0 Å². The number of hydrogen-bond acceptors (Lipinski definition) is 5. The summed E-state index contributed by atoms with van der Waals surface area (Å²) in [5.41, 5.74) is 8.73. The van der Waals surface area contributed by atoms with Gasteiger partial charge in [-0.25, -0.2) is 4.79 Å². The Morgan fingerprint density at radius 3 is 2.26 bits per heavy atom. The quantitative estimate of drug-likeness (QED) is 0.255. The Bertz CT molecular complexity index is 1370.